The molecule has 2 aromatic rings. The van der Waals surface area contributed by atoms with Gasteiger partial charge < -0.3 is 24.2 Å². The van der Waals surface area contributed by atoms with Crippen molar-refractivity contribution in [2.75, 3.05) is 18.6 Å². The summed E-state index contributed by atoms with van der Waals surface area (Å²) >= 11 is 0. The van der Waals surface area contributed by atoms with E-state index in [9.17, 15) is 19.5 Å². The lowest BCUT2D eigenvalue weighted by Gasteiger charge is -2.38. The van der Waals surface area contributed by atoms with E-state index in [2.05, 4.69) is 0 Å². The molecule has 2 heterocycles. The molecule has 8 heteroatoms. The van der Waals surface area contributed by atoms with Gasteiger partial charge in [0.05, 0.1) is 24.9 Å². The average molecular weight is 383 g/mol. The van der Waals surface area contributed by atoms with E-state index in [1.807, 2.05) is 0 Å². The van der Waals surface area contributed by atoms with Crippen LogP contribution in [-0.2, 0) is 29.6 Å². The molecule has 2 aliphatic rings. The number of anilines is 1. The van der Waals surface area contributed by atoms with E-state index in [1.54, 1.807) is 48.5 Å². The topological polar surface area (TPSA) is 102 Å². The minimum absolute atomic E-state index is 0.107. The van der Waals surface area contributed by atoms with Gasteiger partial charge in [0, 0.05) is 5.56 Å². The van der Waals surface area contributed by atoms with Gasteiger partial charge in [-0.05, 0) is 12.1 Å². The fourth-order valence-corrected chi connectivity index (χ4v) is 3.55. The minimum atomic E-state index is -1.46. The summed E-state index contributed by atoms with van der Waals surface area (Å²) in [6.45, 7) is -0.107. The van der Waals surface area contributed by atoms with E-state index in [4.69, 9.17) is 14.2 Å². The van der Waals surface area contributed by atoms with Gasteiger partial charge >= 0.3 is 11.9 Å². The summed E-state index contributed by atoms with van der Waals surface area (Å²) in [4.78, 5) is 38.2. The summed E-state index contributed by atoms with van der Waals surface area (Å²) in [7, 11) is 1.25. The largest absolute Gasteiger partial charge is 0.479 e. The van der Waals surface area contributed by atoms with Crippen molar-refractivity contribution < 1.29 is 33.7 Å². The van der Waals surface area contributed by atoms with Gasteiger partial charge in [-0.25, -0.2) is 9.59 Å². The standard InChI is InChI=1S/C20H17NO7/c1-26-19(25)13-9-5-6-10-14(13)21-11-20(12-7-3-2-4-8-12)27-15(17(21)22)16(28-20)18(23)24/h2-10,15-16H,11H2,1H3,(H,23,24). The molecular weight excluding hydrogens is 366 g/mol. The summed E-state index contributed by atoms with van der Waals surface area (Å²) in [5.74, 6) is -3.94. The van der Waals surface area contributed by atoms with Crippen molar-refractivity contribution in [3.05, 3.63) is 65.7 Å². The van der Waals surface area contributed by atoms with Crippen LogP contribution in [0, 0.1) is 0 Å². The molecular formula is C20H17NO7. The van der Waals surface area contributed by atoms with E-state index in [0.29, 0.717) is 11.3 Å². The summed E-state index contributed by atoms with van der Waals surface area (Å²) in [6.07, 6.45) is -2.79. The lowest BCUT2D eigenvalue weighted by molar-refractivity contribution is -0.193. The number of methoxy groups -OCH3 is 1. The Labute approximate surface area is 160 Å². The number of ether oxygens (including phenoxy) is 3. The predicted octanol–water partition coefficient (Wildman–Crippen LogP) is 1.54. The maximum atomic E-state index is 13.0. The number of nitrogens with zero attached hydrogens (tertiary/aromatic N) is 1. The molecule has 1 N–H and O–H groups in total. The van der Waals surface area contributed by atoms with Gasteiger partial charge in [0.25, 0.3) is 5.91 Å². The first-order chi connectivity index (χ1) is 13.5. The molecule has 4 rings (SSSR count). The Morgan fingerprint density at radius 1 is 1.11 bits per heavy atom. The zero-order chi connectivity index (χ0) is 19.9. The minimum Gasteiger partial charge on any atom is -0.479 e. The summed E-state index contributed by atoms with van der Waals surface area (Å²) in [5.41, 5.74) is 1.08. The monoisotopic (exact) mass is 383 g/mol. The zero-order valence-electron chi connectivity index (χ0n) is 14.9. The van der Waals surface area contributed by atoms with Crippen LogP contribution < -0.4 is 4.90 Å². The zero-order valence-corrected chi connectivity index (χ0v) is 14.9. The predicted molar refractivity (Wildman–Crippen MR) is 95.6 cm³/mol. The van der Waals surface area contributed by atoms with Crippen molar-refractivity contribution in [2.24, 2.45) is 0 Å². The highest BCUT2D eigenvalue weighted by Crippen LogP contribution is 2.44. The number of para-hydroxylation sites is 1. The number of carboxylic acid groups (broad SMARTS) is 1. The smallest absolute Gasteiger partial charge is 0.339 e. The van der Waals surface area contributed by atoms with E-state index in [-0.39, 0.29) is 12.1 Å². The van der Waals surface area contributed by atoms with Crippen LogP contribution in [0.25, 0.3) is 0 Å². The molecule has 0 aromatic heterocycles. The van der Waals surface area contributed by atoms with Gasteiger partial charge in [-0.15, -0.1) is 0 Å². The molecule has 0 spiro atoms. The van der Waals surface area contributed by atoms with E-state index < -0.39 is 35.8 Å². The molecule has 2 fully saturated rings. The van der Waals surface area contributed by atoms with Crippen LogP contribution in [0.2, 0.25) is 0 Å². The molecule has 3 atom stereocenters. The van der Waals surface area contributed by atoms with Crippen molar-refractivity contribution in [1.29, 1.82) is 0 Å². The Kier molecular flexibility index (Phi) is 4.37. The lowest BCUT2D eigenvalue weighted by atomic mass is 10.0. The summed E-state index contributed by atoms with van der Waals surface area (Å²) < 4.78 is 16.4. The fraction of sp³-hybridized carbons (Fsp3) is 0.250. The van der Waals surface area contributed by atoms with E-state index in [0.717, 1.165) is 0 Å². The molecule has 144 valence electrons. The maximum absolute atomic E-state index is 13.0. The van der Waals surface area contributed by atoms with Crippen molar-refractivity contribution in [2.45, 2.75) is 18.0 Å². The number of carboxylic acids is 1. The van der Waals surface area contributed by atoms with Crippen LogP contribution in [0.15, 0.2) is 54.6 Å². The molecule has 2 aromatic carbocycles. The molecule has 0 aliphatic carbocycles. The molecule has 8 nitrogen and oxygen atoms in total. The number of carbonyl (C=O) groups is 3. The maximum Gasteiger partial charge on any atom is 0.339 e. The summed E-state index contributed by atoms with van der Waals surface area (Å²) in [6, 6.07) is 15.3. The second-order valence-corrected chi connectivity index (χ2v) is 6.47. The highest BCUT2D eigenvalue weighted by molar-refractivity contribution is 6.06. The summed E-state index contributed by atoms with van der Waals surface area (Å²) in [5, 5.41) is 9.53. The molecule has 2 bridgehead atoms. The first kappa shape index (κ1) is 18.1. The Morgan fingerprint density at radius 2 is 1.79 bits per heavy atom. The van der Waals surface area contributed by atoms with Crippen LogP contribution >= 0.6 is 0 Å². The molecule has 0 saturated carbocycles. The Balaban J connectivity index is 1.83. The molecule has 3 unspecified atom stereocenters. The fourth-order valence-electron chi connectivity index (χ4n) is 3.55. The van der Waals surface area contributed by atoms with Crippen molar-refractivity contribution in [1.82, 2.24) is 0 Å². The van der Waals surface area contributed by atoms with Gasteiger partial charge in [0.1, 0.15) is 0 Å². The number of benzene rings is 2. The quantitative estimate of drug-likeness (QED) is 0.799. The highest BCUT2D eigenvalue weighted by atomic mass is 16.8. The third-order valence-electron chi connectivity index (χ3n) is 4.84. The lowest BCUT2D eigenvalue weighted by Crippen LogP contribution is -2.54. The number of aliphatic carboxylic acids is 1. The molecule has 2 aliphatic heterocycles. The van der Waals surface area contributed by atoms with Crippen LogP contribution in [-0.4, -0.2) is 48.8 Å². The first-order valence-electron chi connectivity index (χ1n) is 8.59. The normalized spacial score (nSPS) is 26.2. The van der Waals surface area contributed by atoms with Crippen LogP contribution in [0.4, 0.5) is 5.69 Å². The first-order valence-corrected chi connectivity index (χ1v) is 8.59. The van der Waals surface area contributed by atoms with Crippen LogP contribution in [0.3, 0.4) is 0 Å². The van der Waals surface area contributed by atoms with Gasteiger partial charge in [0.15, 0.2) is 12.2 Å². The highest BCUT2D eigenvalue weighted by Gasteiger charge is 2.60. The van der Waals surface area contributed by atoms with Crippen LogP contribution in [0.1, 0.15) is 15.9 Å². The van der Waals surface area contributed by atoms with Gasteiger partial charge in [-0.3, -0.25) is 4.79 Å². The number of amides is 1. The molecule has 28 heavy (non-hydrogen) atoms. The Hall–Kier alpha value is -3.23. The molecule has 2 saturated heterocycles. The third-order valence-corrected chi connectivity index (χ3v) is 4.84. The molecule has 1 amide bonds. The van der Waals surface area contributed by atoms with Gasteiger partial charge in [-0.1, -0.05) is 42.5 Å². The van der Waals surface area contributed by atoms with E-state index >= 15 is 0 Å². The number of hydrogen-bond acceptors (Lipinski definition) is 6. The van der Waals surface area contributed by atoms with Crippen LogP contribution in [0.5, 0.6) is 0 Å². The van der Waals surface area contributed by atoms with Gasteiger partial charge in [0.2, 0.25) is 5.79 Å². The Morgan fingerprint density at radius 3 is 2.46 bits per heavy atom. The Bertz CT molecular complexity index is 945. The number of hydrogen-bond donors (Lipinski definition) is 1. The van der Waals surface area contributed by atoms with Crippen molar-refractivity contribution in [3.63, 3.8) is 0 Å². The number of carbonyl (C=O) groups excluding carboxylic acids is 2. The number of esters is 1. The van der Waals surface area contributed by atoms with Crippen molar-refractivity contribution >= 4 is 23.5 Å². The molecule has 0 radical (unpaired) electrons. The number of fused-ring (bicyclic) bond motifs is 2. The average Bonchev–Trinajstić information content (AvgIpc) is 3.07. The number of morpholine rings is 1. The second kappa shape index (κ2) is 6.74. The number of rotatable bonds is 4. The van der Waals surface area contributed by atoms with E-state index in [1.165, 1.54) is 18.1 Å². The third kappa shape index (κ3) is 2.74. The van der Waals surface area contributed by atoms with Crippen molar-refractivity contribution in [3.8, 4) is 0 Å². The second-order valence-electron chi connectivity index (χ2n) is 6.47. The SMILES string of the molecule is COC(=O)c1ccccc1N1CC2(c3ccccc3)OC(C(=O)O)C(O2)C1=O. The van der Waals surface area contributed by atoms with Gasteiger partial charge in [-0.2, -0.15) is 0 Å².